The molecule has 0 spiro atoms. The zero-order chi connectivity index (χ0) is 49.1. The van der Waals surface area contributed by atoms with Gasteiger partial charge in [0.15, 0.2) is 25.0 Å². The normalized spacial score (nSPS) is 55.3. The van der Waals surface area contributed by atoms with Crippen LogP contribution in [-0.4, -0.2) is 191 Å². The molecule has 8 rings (SSSR count). The lowest BCUT2D eigenvalue weighted by Gasteiger charge is -2.72. The molecule has 12 N–H and O–H groups in total. The summed E-state index contributed by atoms with van der Waals surface area (Å²) in [4.78, 5) is 12.5. The highest BCUT2D eigenvalue weighted by Crippen LogP contribution is 2.76. The van der Waals surface area contributed by atoms with Gasteiger partial charge in [-0.15, -0.1) is 0 Å². The molecule has 5 aliphatic carbocycles. The van der Waals surface area contributed by atoms with E-state index in [1.165, 1.54) is 5.57 Å². The number of aliphatic hydroxyl groups is 11. The molecular weight excluding hydrogens is 881 g/mol. The number of rotatable bonds is 10. The third-order valence-electron chi connectivity index (χ3n) is 19.5. The van der Waals surface area contributed by atoms with E-state index in [1.807, 2.05) is 6.92 Å². The molecule has 0 aromatic carbocycles. The van der Waals surface area contributed by atoms with Crippen LogP contribution >= 0.6 is 0 Å². The molecule has 67 heavy (non-hydrogen) atoms. The lowest BCUT2D eigenvalue weighted by atomic mass is 9.33. The fraction of sp³-hybridized carbons (Fsp3) is 0.938. The van der Waals surface area contributed by atoms with Crippen molar-refractivity contribution in [1.82, 2.24) is 0 Å². The minimum atomic E-state index is -2.10. The summed E-state index contributed by atoms with van der Waals surface area (Å²) < 4.78 is 36.0. The fourth-order valence-corrected chi connectivity index (χ4v) is 15.2. The lowest BCUT2D eigenvalue weighted by molar-refractivity contribution is -0.397. The Labute approximate surface area is 392 Å². The molecule has 7 fully saturated rings. The smallest absolute Gasteiger partial charge is 0.335 e. The van der Waals surface area contributed by atoms with Gasteiger partial charge in [0.25, 0.3) is 0 Å². The summed E-state index contributed by atoms with van der Waals surface area (Å²) in [5, 5.41) is 130. The number of ether oxygens (including phenoxy) is 6. The van der Waals surface area contributed by atoms with Crippen LogP contribution in [-0.2, 0) is 33.2 Å². The average molecular weight is 959 g/mol. The summed E-state index contributed by atoms with van der Waals surface area (Å²) in [6, 6.07) is 0. The Morgan fingerprint density at radius 1 is 0.627 bits per heavy atom. The van der Waals surface area contributed by atoms with Crippen molar-refractivity contribution in [2.24, 2.45) is 50.2 Å². The molecule has 3 heterocycles. The number of aliphatic carboxylic acids is 1. The summed E-state index contributed by atoms with van der Waals surface area (Å²) in [6.07, 6.45) is -19.2. The monoisotopic (exact) mass is 959 g/mol. The van der Waals surface area contributed by atoms with Gasteiger partial charge in [0.2, 0.25) is 0 Å². The standard InChI is InChI=1S/C48H78O19/c1-43(2)16-22-21-8-9-26-45(4)12-11-28(46(5,20-51)25(45)10-13-48(26,7)47(21,6)15-14-44(22,3)27(52)17-43)64-42-38(34(58)33(57)36(65-42)39(60)61)67-41-37(32(56)30(54)24(19-50)63-41)66-40-35(59)31(55)29(53)23(18-49)62-40/h8,22-38,40-42,49-59H,9-20H2,1-7H3,(H,60,61)/t22?,23?,24?,25?,26?,27?,28?,29?,30?,31?,32?,33?,34?,35?,36?,37?,38?,40?,41?,42?,44?,45-,46?,47?,48?/m0/s1. The summed E-state index contributed by atoms with van der Waals surface area (Å²) in [5.41, 5.74) is -0.143. The first kappa shape index (κ1) is 51.9. The van der Waals surface area contributed by atoms with Crippen molar-refractivity contribution >= 4 is 5.97 Å². The summed E-state index contributed by atoms with van der Waals surface area (Å²) >= 11 is 0. The average Bonchev–Trinajstić information content (AvgIpc) is 3.27. The van der Waals surface area contributed by atoms with E-state index in [2.05, 4.69) is 47.6 Å². The van der Waals surface area contributed by atoms with Crippen molar-refractivity contribution in [2.75, 3.05) is 19.8 Å². The predicted octanol–water partition coefficient (Wildman–Crippen LogP) is -0.323. The molecule has 4 saturated carbocycles. The van der Waals surface area contributed by atoms with Crippen LogP contribution in [0.15, 0.2) is 11.6 Å². The van der Waals surface area contributed by atoms with Gasteiger partial charge in [-0.2, -0.15) is 0 Å². The van der Waals surface area contributed by atoms with Gasteiger partial charge in [-0.25, -0.2) is 4.79 Å². The maximum absolute atomic E-state index is 12.5. The van der Waals surface area contributed by atoms with E-state index < -0.39 is 123 Å². The highest BCUT2D eigenvalue weighted by Gasteiger charge is 2.70. The highest BCUT2D eigenvalue weighted by atomic mass is 16.8. The Bertz CT molecular complexity index is 1830. The summed E-state index contributed by atoms with van der Waals surface area (Å²) in [5.74, 6) is -1.22. The maximum atomic E-state index is 12.5. The van der Waals surface area contributed by atoms with Crippen molar-refractivity contribution in [2.45, 2.75) is 211 Å². The molecule has 3 saturated heterocycles. The van der Waals surface area contributed by atoms with Crippen molar-refractivity contribution in [3.8, 4) is 0 Å². The zero-order valence-electron chi connectivity index (χ0n) is 39.8. The Morgan fingerprint density at radius 3 is 1.82 bits per heavy atom. The van der Waals surface area contributed by atoms with Gasteiger partial charge >= 0.3 is 5.97 Å². The zero-order valence-corrected chi connectivity index (χ0v) is 39.8. The van der Waals surface area contributed by atoms with Gasteiger partial charge in [0, 0.05) is 10.8 Å². The number of carboxylic acids is 1. The molecule has 0 aromatic heterocycles. The van der Waals surface area contributed by atoms with Crippen LogP contribution in [0, 0.1) is 50.2 Å². The fourth-order valence-electron chi connectivity index (χ4n) is 15.2. The van der Waals surface area contributed by atoms with Crippen LogP contribution in [0.25, 0.3) is 0 Å². The van der Waals surface area contributed by atoms with Crippen molar-refractivity contribution < 1.29 is 94.5 Å². The second-order valence-electron chi connectivity index (χ2n) is 23.6. The van der Waals surface area contributed by atoms with E-state index in [-0.39, 0.29) is 57.5 Å². The predicted molar refractivity (Wildman–Crippen MR) is 232 cm³/mol. The third kappa shape index (κ3) is 8.10. The minimum Gasteiger partial charge on any atom is -0.479 e. The van der Waals surface area contributed by atoms with E-state index in [9.17, 15) is 66.1 Å². The third-order valence-corrected chi connectivity index (χ3v) is 19.5. The van der Waals surface area contributed by atoms with Crippen molar-refractivity contribution in [3.05, 3.63) is 11.6 Å². The highest BCUT2D eigenvalue weighted by molar-refractivity contribution is 5.73. The summed E-state index contributed by atoms with van der Waals surface area (Å²) in [6.45, 7) is 14.0. The molecule has 24 unspecified atom stereocenters. The number of allylic oxidation sites excluding steroid dienone is 2. The number of carbonyl (C=O) groups is 1. The minimum absolute atomic E-state index is 0.00861. The first-order valence-corrected chi connectivity index (χ1v) is 24.4. The number of aliphatic hydroxyl groups excluding tert-OH is 11. The van der Waals surface area contributed by atoms with Crippen LogP contribution < -0.4 is 0 Å². The molecule has 0 aromatic rings. The number of fused-ring (bicyclic) bond motifs is 7. The molecule has 3 aliphatic heterocycles. The van der Waals surface area contributed by atoms with Crippen molar-refractivity contribution in [1.29, 1.82) is 0 Å². The Balaban J connectivity index is 1.08. The van der Waals surface area contributed by atoms with E-state index in [1.54, 1.807) is 0 Å². The molecule has 0 amide bonds. The second-order valence-corrected chi connectivity index (χ2v) is 23.6. The van der Waals surface area contributed by atoms with E-state index >= 15 is 0 Å². The molecule has 384 valence electrons. The SMILES string of the molecule is CC1(C)CC(O)C2(C)CCC3(C)C(=CCC4C3(C)CCC3C(C)(CO)C(OC5OC(C(=O)O)C(O)C(O)C5OC5OC(CO)C(O)C(O)C5OC5OC(CO)C(O)C(O)C5O)CC[C@@]34C)C2C1. The van der Waals surface area contributed by atoms with Crippen LogP contribution in [0.3, 0.4) is 0 Å². The Kier molecular flexibility index (Phi) is 14.1. The van der Waals surface area contributed by atoms with Crippen LogP contribution in [0.1, 0.15) is 106 Å². The molecule has 8 aliphatic rings. The lowest BCUT2D eigenvalue weighted by Crippen LogP contribution is -2.68. The quantitative estimate of drug-likeness (QED) is 0.0986. The van der Waals surface area contributed by atoms with Gasteiger partial charge < -0.3 is 89.7 Å². The Hall–Kier alpha value is -1.47. The number of carboxylic acid groups (broad SMARTS) is 1. The van der Waals surface area contributed by atoms with Crippen LogP contribution in [0.4, 0.5) is 0 Å². The number of hydrogen-bond acceptors (Lipinski definition) is 18. The topological polar surface area (TPSA) is 315 Å². The van der Waals surface area contributed by atoms with E-state index in [0.717, 1.165) is 44.9 Å². The molecule has 0 bridgehead atoms. The van der Waals surface area contributed by atoms with Crippen LogP contribution in [0.5, 0.6) is 0 Å². The van der Waals surface area contributed by atoms with E-state index in [0.29, 0.717) is 12.8 Å². The Morgan fingerprint density at radius 2 is 1.21 bits per heavy atom. The van der Waals surface area contributed by atoms with E-state index in [4.69, 9.17) is 28.4 Å². The molecule has 25 atom stereocenters. The van der Waals surface area contributed by atoms with Crippen LogP contribution in [0.2, 0.25) is 0 Å². The largest absolute Gasteiger partial charge is 0.479 e. The molecule has 0 radical (unpaired) electrons. The maximum Gasteiger partial charge on any atom is 0.335 e. The van der Waals surface area contributed by atoms with Gasteiger partial charge in [-0.05, 0) is 97.2 Å². The molecule has 19 nitrogen and oxygen atoms in total. The second kappa shape index (κ2) is 18.2. The number of hydrogen-bond donors (Lipinski definition) is 12. The summed E-state index contributed by atoms with van der Waals surface area (Å²) in [7, 11) is 0. The first-order chi connectivity index (χ1) is 31.3. The van der Waals surface area contributed by atoms with Gasteiger partial charge in [0.1, 0.15) is 67.1 Å². The van der Waals surface area contributed by atoms with Gasteiger partial charge in [-0.1, -0.05) is 60.1 Å². The molecule has 19 heteroatoms. The van der Waals surface area contributed by atoms with Gasteiger partial charge in [-0.3, -0.25) is 0 Å². The first-order valence-electron chi connectivity index (χ1n) is 24.4. The van der Waals surface area contributed by atoms with Crippen molar-refractivity contribution in [3.63, 3.8) is 0 Å². The molecular formula is C48H78O19. The van der Waals surface area contributed by atoms with Gasteiger partial charge in [0.05, 0.1) is 32.0 Å².